The lowest BCUT2D eigenvalue weighted by atomic mass is 9.64. The Hall–Kier alpha value is -3.17. The van der Waals surface area contributed by atoms with Gasteiger partial charge in [0, 0.05) is 5.69 Å². The Kier molecular flexibility index (Phi) is 6.80. The first-order chi connectivity index (χ1) is 16.1. The number of aliphatic hydroxyl groups is 1. The van der Waals surface area contributed by atoms with Crippen molar-refractivity contribution in [2.45, 2.75) is 58.1 Å². The zero-order valence-corrected chi connectivity index (χ0v) is 20.1. The molecule has 1 fully saturated rings. The van der Waals surface area contributed by atoms with Gasteiger partial charge < -0.3 is 5.11 Å². The third-order valence-electron chi connectivity index (χ3n) is 6.74. The van der Waals surface area contributed by atoms with Gasteiger partial charge in [-0.2, -0.15) is 5.10 Å². The number of nitrogens with zero attached hydrogens (tertiary/aromatic N) is 2. The minimum atomic E-state index is -0.835. The maximum atomic E-state index is 12.2. The highest BCUT2D eigenvalue weighted by Crippen LogP contribution is 2.49. The summed E-state index contributed by atoms with van der Waals surface area (Å²) in [5.41, 5.74) is 5.38. The van der Waals surface area contributed by atoms with Gasteiger partial charge in [-0.25, -0.2) is 0 Å². The van der Waals surface area contributed by atoms with Gasteiger partial charge in [0.05, 0.1) is 17.2 Å². The van der Waals surface area contributed by atoms with Crippen LogP contribution in [0, 0.1) is 13.8 Å². The third kappa shape index (κ3) is 4.02. The van der Waals surface area contributed by atoms with E-state index in [-0.39, 0.29) is 0 Å². The second kappa shape index (κ2) is 9.76. The molecule has 3 nitrogen and oxygen atoms in total. The summed E-state index contributed by atoms with van der Waals surface area (Å²) in [6.45, 7) is 8.21. The summed E-state index contributed by atoms with van der Waals surface area (Å²) >= 11 is 0. The Balaban J connectivity index is 0.00000126. The maximum absolute atomic E-state index is 12.2. The van der Waals surface area contributed by atoms with Crippen LogP contribution in [0.3, 0.4) is 0 Å². The zero-order valence-electron chi connectivity index (χ0n) is 20.1. The molecule has 0 bridgehead atoms. The van der Waals surface area contributed by atoms with E-state index in [0.29, 0.717) is 6.04 Å². The molecule has 1 atom stereocenters. The molecule has 1 N–H and O–H groups in total. The molecule has 170 valence electrons. The van der Waals surface area contributed by atoms with Crippen molar-refractivity contribution in [3.05, 3.63) is 125 Å². The second-order valence-electron chi connectivity index (χ2n) is 8.58. The maximum Gasteiger partial charge on any atom is 0.116 e. The first-order valence-corrected chi connectivity index (χ1v) is 12.0. The molecule has 1 heterocycles. The van der Waals surface area contributed by atoms with Crippen LogP contribution < -0.4 is 0 Å². The molecule has 4 aromatic rings. The molecule has 1 aliphatic rings. The normalized spacial score (nSPS) is 14.3. The molecule has 0 spiro atoms. The van der Waals surface area contributed by atoms with Gasteiger partial charge in [0.15, 0.2) is 0 Å². The fourth-order valence-corrected chi connectivity index (χ4v) is 4.84. The van der Waals surface area contributed by atoms with Crippen molar-refractivity contribution in [1.82, 2.24) is 9.78 Å². The number of aliphatic hydroxyl groups excluding tert-OH is 1. The topological polar surface area (TPSA) is 38.1 Å². The van der Waals surface area contributed by atoms with Crippen molar-refractivity contribution >= 4 is 0 Å². The van der Waals surface area contributed by atoms with E-state index in [1.54, 1.807) is 0 Å². The van der Waals surface area contributed by atoms with E-state index in [1.165, 1.54) is 12.8 Å². The van der Waals surface area contributed by atoms with E-state index in [0.717, 1.165) is 33.6 Å². The van der Waals surface area contributed by atoms with E-state index in [9.17, 15) is 5.11 Å². The monoisotopic (exact) mass is 438 g/mol. The molecule has 3 heteroatoms. The van der Waals surface area contributed by atoms with Crippen LogP contribution in [0.25, 0.3) is 0 Å². The van der Waals surface area contributed by atoms with Gasteiger partial charge in [0.2, 0.25) is 0 Å². The molecule has 0 amide bonds. The van der Waals surface area contributed by atoms with Crippen molar-refractivity contribution < 1.29 is 5.11 Å². The fraction of sp³-hybridized carbons (Fsp3) is 0.300. The highest BCUT2D eigenvalue weighted by molar-refractivity contribution is 5.53. The van der Waals surface area contributed by atoms with Crippen molar-refractivity contribution in [3.8, 4) is 0 Å². The van der Waals surface area contributed by atoms with Gasteiger partial charge in [-0.05, 0) is 48.9 Å². The molecule has 3 aromatic carbocycles. The van der Waals surface area contributed by atoms with E-state index in [4.69, 9.17) is 5.10 Å². The van der Waals surface area contributed by atoms with Crippen LogP contribution in [0.4, 0.5) is 0 Å². The predicted octanol–water partition coefficient (Wildman–Crippen LogP) is 6.93. The third-order valence-corrected chi connectivity index (χ3v) is 6.74. The lowest BCUT2D eigenvalue weighted by Gasteiger charge is -2.39. The minimum Gasteiger partial charge on any atom is -0.385 e. The van der Waals surface area contributed by atoms with Crippen molar-refractivity contribution in [3.63, 3.8) is 0 Å². The van der Waals surface area contributed by atoms with Crippen molar-refractivity contribution in [2.75, 3.05) is 0 Å². The largest absolute Gasteiger partial charge is 0.385 e. The lowest BCUT2D eigenvalue weighted by Crippen LogP contribution is -2.37. The quantitative estimate of drug-likeness (QED) is 0.332. The molecule has 0 saturated heterocycles. The standard InChI is InChI=1S/C28H28N2O.C2H6/c1-20-21(2)30(25-18-19-25)29-26(20)27(31)28(22-12-6-3-7-13-22,23-14-8-4-9-15-23)24-16-10-5-11-17-24;1-2/h3-17,25,27,31H,18-19H2,1-2H3;1-2H3. The highest BCUT2D eigenvalue weighted by atomic mass is 16.3. The Morgan fingerprint density at radius 1 is 0.758 bits per heavy atom. The van der Waals surface area contributed by atoms with Crippen LogP contribution in [0.15, 0.2) is 91.0 Å². The fourth-order valence-electron chi connectivity index (χ4n) is 4.84. The molecule has 0 radical (unpaired) electrons. The van der Waals surface area contributed by atoms with Crippen LogP contribution in [0.5, 0.6) is 0 Å². The Morgan fingerprint density at radius 2 is 1.15 bits per heavy atom. The molecule has 5 rings (SSSR count). The molecule has 0 aliphatic heterocycles. The summed E-state index contributed by atoms with van der Waals surface area (Å²) in [5.74, 6) is 0. The van der Waals surface area contributed by atoms with Gasteiger partial charge in [0.1, 0.15) is 6.10 Å². The SMILES string of the molecule is CC.Cc1c(C(O)C(c2ccccc2)(c2ccccc2)c2ccccc2)nn(C2CC2)c1C. The smallest absolute Gasteiger partial charge is 0.116 e. The van der Waals surface area contributed by atoms with Crippen molar-refractivity contribution in [2.24, 2.45) is 0 Å². The average molecular weight is 439 g/mol. The first-order valence-electron chi connectivity index (χ1n) is 12.0. The van der Waals surface area contributed by atoms with Gasteiger partial charge in [0.25, 0.3) is 0 Å². The van der Waals surface area contributed by atoms with Crippen molar-refractivity contribution in [1.29, 1.82) is 0 Å². The summed E-state index contributed by atoms with van der Waals surface area (Å²) < 4.78 is 2.12. The van der Waals surface area contributed by atoms with E-state index in [2.05, 4.69) is 54.9 Å². The molecule has 33 heavy (non-hydrogen) atoms. The van der Waals surface area contributed by atoms with E-state index >= 15 is 0 Å². The number of hydrogen-bond donors (Lipinski definition) is 1. The van der Waals surface area contributed by atoms with Crippen LogP contribution in [0.2, 0.25) is 0 Å². The Morgan fingerprint density at radius 3 is 1.52 bits per heavy atom. The first kappa shape index (κ1) is 23.0. The Bertz CT molecular complexity index is 1070. The number of hydrogen-bond acceptors (Lipinski definition) is 2. The van der Waals surface area contributed by atoms with Crippen LogP contribution >= 0.6 is 0 Å². The summed E-state index contributed by atoms with van der Waals surface area (Å²) in [4.78, 5) is 0. The summed E-state index contributed by atoms with van der Waals surface area (Å²) in [6, 6.07) is 31.5. The minimum absolute atomic E-state index is 0.472. The van der Waals surface area contributed by atoms with Gasteiger partial charge in [-0.15, -0.1) is 0 Å². The molecule has 1 unspecified atom stereocenters. The van der Waals surface area contributed by atoms with Gasteiger partial charge in [-0.3, -0.25) is 4.68 Å². The molecular weight excluding hydrogens is 404 g/mol. The molecule has 1 saturated carbocycles. The summed E-state index contributed by atoms with van der Waals surface area (Å²) in [5, 5.41) is 17.2. The van der Waals surface area contributed by atoms with Gasteiger partial charge in [-0.1, -0.05) is 105 Å². The summed E-state index contributed by atoms with van der Waals surface area (Å²) in [6.07, 6.45) is 1.50. The number of rotatable bonds is 6. The van der Waals surface area contributed by atoms with E-state index < -0.39 is 11.5 Å². The average Bonchev–Trinajstić information content (AvgIpc) is 3.68. The van der Waals surface area contributed by atoms with E-state index in [1.807, 2.05) is 68.4 Å². The predicted molar refractivity (Wildman–Crippen MR) is 135 cm³/mol. The summed E-state index contributed by atoms with van der Waals surface area (Å²) in [7, 11) is 0. The van der Waals surface area contributed by atoms with Crippen LogP contribution in [0.1, 0.15) is 72.5 Å². The lowest BCUT2D eigenvalue weighted by molar-refractivity contribution is 0.116. The van der Waals surface area contributed by atoms with Gasteiger partial charge >= 0.3 is 0 Å². The number of aromatic nitrogens is 2. The highest BCUT2D eigenvalue weighted by Gasteiger charge is 2.46. The zero-order chi connectivity index (χ0) is 23.4. The molecular formula is C30H34N2O. The Labute approximate surface area is 197 Å². The van der Waals surface area contributed by atoms with Crippen LogP contribution in [-0.4, -0.2) is 14.9 Å². The number of benzene rings is 3. The molecule has 1 aromatic heterocycles. The van der Waals surface area contributed by atoms with Crippen LogP contribution in [-0.2, 0) is 5.41 Å². The second-order valence-corrected chi connectivity index (χ2v) is 8.58. The molecule has 1 aliphatic carbocycles.